The number of ether oxygens (including phenoxy) is 1. The molecule has 0 bridgehead atoms. The lowest BCUT2D eigenvalue weighted by atomic mass is 9.96. The molecule has 0 aliphatic rings. The summed E-state index contributed by atoms with van der Waals surface area (Å²) in [6.07, 6.45) is 1.06. The molecule has 0 fully saturated rings. The average molecular weight is 193 g/mol. The molecule has 0 aromatic heterocycles. The summed E-state index contributed by atoms with van der Waals surface area (Å²) in [6, 6.07) is 8.15. The van der Waals surface area contributed by atoms with Crippen molar-refractivity contribution in [1.29, 1.82) is 0 Å². The van der Waals surface area contributed by atoms with Crippen LogP contribution in [0.3, 0.4) is 0 Å². The van der Waals surface area contributed by atoms with Gasteiger partial charge in [0, 0.05) is 0 Å². The Morgan fingerprint density at radius 1 is 1.29 bits per heavy atom. The summed E-state index contributed by atoms with van der Waals surface area (Å²) in [6.45, 7) is 5.54. The Bertz CT molecular complexity index is 269. The van der Waals surface area contributed by atoms with Gasteiger partial charge < -0.3 is 10.5 Å². The van der Waals surface area contributed by atoms with Gasteiger partial charge in [0.15, 0.2) is 0 Å². The molecular weight excluding hydrogens is 174 g/mol. The third-order valence-electron chi connectivity index (χ3n) is 2.44. The summed E-state index contributed by atoms with van der Waals surface area (Å²) >= 11 is 0. The molecule has 2 nitrogen and oxygen atoms in total. The van der Waals surface area contributed by atoms with Crippen molar-refractivity contribution in [2.45, 2.75) is 26.2 Å². The number of hydrogen-bond donors (Lipinski definition) is 1. The van der Waals surface area contributed by atoms with Gasteiger partial charge in [0.25, 0.3) is 0 Å². The van der Waals surface area contributed by atoms with Crippen LogP contribution in [-0.2, 0) is 0 Å². The minimum absolute atomic E-state index is 0.415. The van der Waals surface area contributed by atoms with Crippen molar-refractivity contribution in [1.82, 2.24) is 0 Å². The molecule has 78 valence electrons. The first-order valence-electron chi connectivity index (χ1n) is 5.25. The third kappa shape index (κ3) is 2.48. The predicted molar refractivity (Wildman–Crippen MR) is 59.7 cm³/mol. The van der Waals surface area contributed by atoms with Gasteiger partial charge in [-0.05, 0) is 37.4 Å². The lowest BCUT2D eigenvalue weighted by Gasteiger charge is -2.16. The van der Waals surface area contributed by atoms with E-state index in [1.807, 2.05) is 25.1 Å². The zero-order valence-corrected chi connectivity index (χ0v) is 8.99. The van der Waals surface area contributed by atoms with Crippen LogP contribution >= 0.6 is 0 Å². The molecule has 1 atom stereocenters. The van der Waals surface area contributed by atoms with Gasteiger partial charge in [0.05, 0.1) is 6.61 Å². The Kier molecular flexibility index (Phi) is 4.47. The highest BCUT2D eigenvalue weighted by atomic mass is 16.5. The van der Waals surface area contributed by atoms with Crippen LogP contribution in [-0.4, -0.2) is 13.2 Å². The van der Waals surface area contributed by atoms with E-state index < -0.39 is 0 Å². The molecule has 1 rings (SSSR count). The van der Waals surface area contributed by atoms with E-state index in [9.17, 15) is 0 Å². The molecule has 2 heteroatoms. The fraction of sp³-hybridized carbons (Fsp3) is 0.500. The average Bonchev–Trinajstić information content (AvgIpc) is 2.23. The van der Waals surface area contributed by atoms with Gasteiger partial charge in [-0.1, -0.05) is 25.1 Å². The fourth-order valence-corrected chi connectivity index (χ4v) is 1.62. The second-order valence-corrected chi connectivity index (χ2v) is 3.31. The first-order chi connectivity index (χ1) is 6.83. The van der Waals surface area contributed by atoms with Crippen LogP contribution in [0.5, 0.6) is 5.75 Å². The smallest absolute Gasteiger partial charge is 0.122 e. The van der Waals surface area contributed by atoms with E-state index in [-0.39, 0.29) is 0 Å². The number of nitrogens with two attached hydrogens (primary N) is 1. The SMILES string of the molecule is CCOc1ccccc1C(CC)CN. The quantitative estimate of drug-likeness (QED) is 0.780. The minimum Gasteiger partial charge on any atom is -0.494 e. The van der Waals surface area contributed by atoms with Crippen LogP contribution in [0.1, 0.15) is 31.7 Å². The number of hydrogen-bond acceptors (Lipinski definition) is 2. The van der Waals surface area contributed by atoms with Crippen molar-refractivity contribution in [3.05, 3.63) is 29.8 Å². The number of benzene rings is 1. The summed E-state index contributed by atoms with van der Waals surface area (Å²) in [5.41, 5.74) is 6.96. The van der Waals surface area contributed by atoms with E-state index in [2.05, 4.69) is 13.0 Å². The first-order valence-corrected chi connectivity index (χ1v) is 5.25. The second-order valence-electron chi connectivity index (χ2n) is 3.31. The molecule has 1 aromatic carbocycles. The van der Waals surface area contributed by atoms with Gasteiger partial charge in [-0.25, -0.2) is 0 Å². The summed E-state index contributed by atoms with van der Waals surface area (Å²) < 4.78 is 5.57. The Morgan fingerprint density at radius 3 is 2.57 bits per heavy atom. The van der Waals surface area contributed by atoms with Crippen LogP contribution in [0.15, 0.2) is 24.3 Å². The lowest BCUT2D eigenvalue weighted by molar-refractivity contribution is 0.333. The van der Waals surface area contributed by atoms with Crippen LogP contribution in [0.2, 0.25) is 0 Å². The normalized spacial score (nSPS) is 12.5. The zero-order chi connectivity index (χ0) is 10.4. The third-order valence-corrected chi connectivity index (χ3v) is 2.44. The molecule has 0 spiro atoms. The highest BCUT2D eigenvalue weighted by Gasteiger charge is 2.11. The van der Waals surface area contributed by atoms with E-state index in [1.165, 1.54) is 5.56 Å². The second kappa shape index (κ2) is 5.66. The molecule has 1 unspecified atom stereocenters. The molecule has 0 heterocycles. The van der Waals surface area contributed by atoms with Gasteiger partial charge >= 0.3 is 0 Å². The topological polar surface area (TPSA) is 35.2 Å². The van der Waals surface area contributed by atoms with E-state index in [4.69, 9.17) is 10.5 Å². The summed E-state index contributed by atoms with van der Waals surface area (Å²) in [5.74, 6) is 1.39. The standard InChI is InChI=1S/C12H19NO/c1-3-10(9-13)11-7-5-6-8-12(11)14-4-2/h5-8,10H,3-4,9,13H2,1-2H3. The Balaban J connectivity index is 2.92. The van der Waals surface area contributed by atoms with Crippen molar-refractivity contribution in [3.8, 4) is 5.75 Å². The molecular formula is C12H19NO. The maximum Gasteiger partial charge on any atom is 0.122 e. The molecule has 0 aliphatic carbocycles. The van der Waals surface area contributed by atoms with E-state index >= 15 is 0 Å². The Labute approximate surface area is 86.1 Å². The maximum atomic E-state index is 5.72. The van der Waals surface area contributed by atoms with Crippen molar-refractivity contribution in [2.75, 3.05) is 13.2 Å². The van der Waals surface area contributed by atoms with Crippen LogP contribution in [0.25, 0.3) is 0 Å². The van der Waals surface area contributed by atoms with Crippen molar-refractivity contribution < 1.29 is 4.74 Å². The van der Waals surface area contributed by atoms with Crippen LogP contribution in [0, 0.1) is 0 Å². The molecule has 0 radical (unpaired) electrons. The summed E-state index contributed by atoms with van der Waals surface area (Å²) in [5, 5.41) is 0. The lowest BCUT2D eigenvalue weighted by Crippen LogP contribution is -2.12. The Hall–Kier alpha value is -1.02. The molecule has 0 aliphatic heterocycles. The molecule has 1 aromatic rings. The van der Waals surface area contributed by atoms with Crippen LogP contribution in [0.4, 0.5) is 0 Å². The number of para-hydroxylation sites is 1. The van der Waals surface area contributed by atoms with E-state index in [0.717, 1.165) is 12.2 Å². The van der Waals surface area contributed by atoms with Crippen molar-refractivity contribution in [2.24, 2.45) is 5.73 Å². The van der Waals surface area contributed by atoms with Gasteiger partial charge in [0.2, 0.25) is 0 Å². The van der Waals surface area contributed by atoms with E-state index in [0.29, 0.717) is 19.1 Å². The maximum absolute atomic E-state index is 5.72. The van der Waals surface area contributed by atoms with Gasteiger partial charge in [0.1, 0.15) is 5.75 Å². The summed E-state index contributed by atoms with van der Waals surface area (Å²) in [4.78, 5) is 0. The molecule has 0 amide bonds. The first kappa shape index (κ1) is 11.1. The highest BCUT2D eigenvalue weighted by molar-refractivity contribution is 5.36. The molecule has 0 saturated heterocycles. The predicted octanol–water partition coefficient (Wildman–Crippen LogP) is 2.54. The Morgan fingerprint density at radius 2 is 2.00 bits per heavy atom. The molecule has 14 heavy (non-hydrogen) atoms. The molecule has 0 saturated carbocycles. The van der Waals surface area contributed by atoms with E-state index in [1.54, 1.807) is 0 Å². The fourth-order valence-electron chi connectivity index (χ4n) is 1.62. The number of rotatable bonds is 5. The van der Waals surface area contributed by atoms with Crippen molar-refractivity contribution in [3.63, 3.8) is 0 Å². The van der Waals surface area contributed by atoms with Gasteiger partial charge in [-0.15, -0.1) is 0 Å². The monoisotopic (exact) mass is 193 g/mol. The van der Waals surface area contributed by atoms with Crippen molar-refractivity contribution >= 4 is 0 Å². The zero-order valence-electron chi connectivity index (χ0n) is 8.99. The molecule has 2 N–H and O–H groups in total. The minimum atomic E-state index is 0.415. The highest BCUT2D eigenvalue weighted by Crippen LogP contribution is 2.27. The summed E-state index contributed by atoms with van der Waals surface area (Å²) in [7, 11) is 0. The largest absolute Gasteiger partial charge is 0.494 e. The van der Waals surface area contributed by atoms with Crippen LogP contribution < -0.4 is 10.5 Å². The van der Waals surface area contributed by atoms with Gasteiger partial charge in [-0.2, -0.15) is 0 Å². The van der Waals surface area contributed by atoms with Gasteiger partial charge in [-0.3, -0.25) is 0 Å².